The molecule has 0 unspecified atom stereocenters. The number of imide groups is 1. The van der Waals surface area contributed by atoms with Crippen LogP contribution in [-0.2, 0) is 9.59 Å². The molecule has 0 atom stereocenters. The molecule has 1 saturated heterocycles. The standard InChI is InChI=1S/C18H23NO3/c1-13-11-15(12-16(22-3)14(13)2)8-9-18(21)19-10-6-4-5-7-17(19)20/h8-9,11-12H,4-7,10H2,1-3H3/b9-8+. The largest absolute Gasteiger partial charge is 0.496 e. The number of carbonyl (C=O) groups excluding carboxylic acids is 2. The summed E-state index contributed by atoms with van der Waals surface area (Å²) >= 11 is 0. The molecule has 2 amide bonds. The van der Waals surface area contributed by atoms with Gasteiger partial charge in [-0.1, -0.05) is 12.5 Å². The van der Waals surface area contributed by atoms with Gasteiger partial charge in [0, 0.05) is 19.0 Å². The van der Waals surface area contributed by atoms with E-state index in [1.807, 2.05) is 26.0 Å². The molecule has 2 rings (SSSR count). The van der Waals surface area contributed by atoms with Crippen molar-refractivity contribution in [3.63, 3.8) is 0 Å². The van der Waals surface area contributed by atoms with E-state index in [0.29, 0.717) is 13.0 Å². The molecule has 0 radical (unpaired) electrons. The summed E-state index contributed by atoms with van der Waals surface area (Å²) in [5.74, 6) is 0.506. The smallest absolute Gasteiger partial charge is 0.253 e. The number of benzene rings is 1. The van der Waals surface area contributed by atoms with E-state index in [1.165, 1.54) is 11.0 Å². The van der Waals surface area contributed by atoms with Crippen LogP contribution in [0.4, 0.5) is 0 Å². The Kier molecular flexibility index (Phi) is 5.36. The number of methoxy groups -OCH3 is 1. The lowest BCUT2D eigenvalue weighted by Gasteiger charge is -2.16. The number of ether oxygens (including phenoxy) is 1. The summed E-state index contributed by atoms with van der Waals surface area (Å²) < 4.78 is 5.34. The van der Waals surface area contributed by atoms with E-state index in [-0.39, 0.29) is 11.8 Å². The van der Waals surface area contributed by atoms with Gasteiger partial charge in [0.1, 0.15) is 5.75 Å². The molecule has 1 aromatic rings. The highest BCUT2D eigenvalue weighted by Crippen LogP contribution is 2.24. The molecule has 1 aliphatic rings. The molecule has 0 saturated carbocycles. The molecule has 1 fully saturated rings. The second-order valence-electron chi connectivity index (χ2n) is 5.69. The van der Waals surface area contributed by atoms with Crippen molar-refractivity contribution in [3.8, 4) is 5.75 Å². The summed E-state index contributed by atoms with van der Waals surface area (Å²) in [7, 11) is 1.64. The number of nitrogens with zero attached hydrogens (tertiary/aromatic N) is 1. The van der Waals surface area contributed by atoms with Crippen LogP contribution in [0.25, 0.3) is 6.08 Å². The lowest BCUT2D eigenvalue weighted by Crippen LogP contribution is -2.35. The molecule has 22 heavy (non-hydrogen) atoms. The summed E-state index contributed by atoms with van der Waals surface area (Å²) in [6, 6.07) is 3.91. The van der Waals surface area contributed by atoms with Crippen LogP contribution in [-0.4, -0.2) is 30.4 Å². The predicted octanol–water partition coefficient (Wildman–Crippen LogP) is 3.25. The van der Waals surface area contributed by atoms with Gasteiger partial charge in [-0.05, 0) is 55.5 Å². The number of carbonyl (C=O) groups is 2. The zero-order valence-electron chi connectivity index (χ0n) is 13.5. The van der Waals surface area contributed by atoms with Crippen LogP contribution in [0.2, 0.25) is 0 Å². The van der Waals surface area contributed by atoms with Crippen LogP contribution in [0, 0.1) is 13.8 Å². The van der Waals surface area contributed by atoms with Gasteiger partial charge in [0.15, 0.2) is 0 Å². The second-order valence-corrected chi connectivity index (χ2v) is 5.69. The summed E-state index contributed by atoms with van der Waals surface area (Å²) in [4.78, 5) is 25.5. The van der Waals surface area contributed by atoms with Crippen LogP contribution >= 0.6 is 0 Å². The summed E-state index contributed by atoms with van der Waals surface area (Å²) in [5, 5.41) is 0. The minimum absolute atomic E-state index is 0.0650. The molecular formula is C18H23NO3. The summed E-state index contributed by atoms with van der Waals surface area (Å²) in [6.07, 6.45) is 6.47. The van der Waals surface area contributed by atoms with E-state index < -0.39 is 0 Å². The Labute approximate surface area is 131 Å². The Bertz CT molecular complexity index is 605. The number of hydrogen-bond donors (Lipinski definition) is 0. The van der Waals surface area contributed by atoms with Crippen LogP contribution in [0.5, 0.6) is 5.75 Å². The van der Waals surface area contributed by atoms with Gasteiger partial charge in [0.2, 0.25) is 5.91 Å². The van der Waals surface area contributed by atoms with Gasteiger partial charge in [-0.25, -0.2) is 0 Å². The van der Waals surface area contributed by atoms with Crippen molar-refractivity contribution in [2.24, 2.45) is 0 Å². The fourth-order valence-corrected chi connectivity index (χ4v) is 2.64. The van der Waals surface area contributed by atoms with Gasteiger partial charge in [0.05, 0.1) is 7.11 Å². The summed E-state index contributed by atoms with van der Waals surface area (Å²) in [6.45, 7) is 4.54. The molecule has 0 bridgehead atoms. The van der Waals surface area contributed by atoms with Crippen molar-refractivity contribution >= 4 is 17.9 Å². The fourth-order valence-electron chi connectivity index (χ4n) is 2.64. The Balaban J connectivity index is 2.15. The Morgan fingerprint density at radius 1 is 1.23 bits per heavy atom. The van der Waals surface area contributed by atoms with E-state index in [2.05, 4.69) is 0 Å². The Morgan fingerprint density at radius 3 is 2.73 bits per heavy atom. The van der Waals surface area contributed by atoms with Crippen molar-refractivity contribution in [1.82, 2.24) is 4.90 Å². The van der Waals surface area contributed by atoms with Crippen LogP contribution in [0.15, 0.2) is 18.2 Å². The topological polar surface area (TPSA) is 46.6 Å². The SMILES string of the molecule is COc1cc(/C=C/C(=O)N2CCCCCC2=O)cc(C)c1C. The molecule has 4 nitrogen and oxygen atoms in total. The highest BCUT2D eigenvalue weighted by molar-refractivity contribution is 6.03. The van der Waals surface area contributed by atoms with Gasteiger partial charge in [0.25, 0.3) is 5.91 Å². The molecule has 0 spiro atoms. The average Bonchev–Trinajstić information content (AvgIpc) is 2.72. The zero-order valence-corrected chi connectivity index (χ0v) is 13.5. The lowest BCUT2D eigenvalue weighted by molar-refractivity contribution is -0.141. The molecule has 0 N–H and O–H groups in total. The van der Waals surface area contributed by atoms with Crippen LogP contribution in [0.3, 0.4) is 0 Å². The zero-order chi connectivity index (χ0) is 16.1. The molecule has 1 aromatic carbocycles. The maximum atomic E-state index is 12.2. The van der Waals surface area contributed by atoms with E-state index >= 15 is 0 Å². The molecule has 1 aliphatic heterocycles. The second kappa shape index (κ2) is 7.25. The fraction of sp³-hybridized carbons (Fsp3) is 0.444. The van der Waals surface area contributed by atoms with Crippen molar-refractivity contribution in [1.29, 1.82) is 0 Å². The van der Waals surface area contributed by atoms with Gasteiger partial charge >= 0.3 is 0 Å². The quantitative estimate of drug-likeness (QED) is 0.805. The maximum Gasteiger partial charge on any atom is 0.253 e. The number of aryl methyl sites for hydroxylation is 1. The van der Waals surface area contributed by atoms with Gasteiger partial charge in [-0.2, -0.15) is 0 Å². The average molecular weight is 301 g/mol. The number of rotatable bonds is 3. The van der Waals surface area contributed by atoms with Crippen molar-refractivity contribution in [3.05, 3.63) is 34.9 Å². The van der Waals surface area contributed by atoms with Crippen molar-refractivity contribution in [2.75, 3.05) is 13.7 Å². The Hall–Kier alpha value is -2.10. The number of amides is 2. The molecule has 0 aliphatic carbocycles. The third-order valence-corrected chi connectivity index (χ3v) is 4.12. The van der Waals surface area contributed by atoms with Crippen molar-refractivity contribution in [2.45, 2.75) is 39.5 Å². The van der Waals surface area contributed by atoms with E-state index in [9.17, 15) is 9.59 Å². The number of hydrogen-bond acceptors (Lipinski definition) is 3. The van der Waals surface area contributed by atoms with Gasteiger partial charge in [-0.3, -0.25) is 14.5 Å². The third-order valence-electron chi connectivity index (χ3n) is 4.12. The minimum atomic E-state index is -0.232. The number of likely N-dealkylation sites (tertiary alicyclic amines) is 1. The highest BCUT2D eigenvalue weighted by atomic mass is 16.5. The third kappa shape index (κ3) is 3.75. The minimum Gasteiger partial charge on any atom is -0.496 e. The summed E-state index contributed by atoms with van der Waals surface area (Å²) in [5.41, 5.74) is 3.10. The molecule has 118 valence electrons. The molecule has 4 heteroatoms. The maximum absolute atomic E-state index is 12.2. The van der Waals surface area contributed by atoms with E-state index in [4.69, 9.17) is 4.74 Å². The first-order valence-corrected chi connectivity index (χ1v) is 7.70. The Morgan fingerprint density at radius 2 is 2.00 bits per heavy atom. The van der Waals surface area contributed by atoms with Gasteiger partial charge in [-0.15, -0.1) is 0 Å². The molecule has 1 heterocycles. The normalized spacial score (nSPS) is 16.0. The van der Waals surface area contributed by atoms with Crippen LogP contribution < -0.4 is 4.74 Å². The van der Waals surface area contributed by atoms with Gasteiger partial charge < -0.3 is 4.74 Å². The predicted molar refractivity (Wildman–Crippen MR) is 86.7 cm³/mol. The first-order chi connectivity index (χ1) is 10.5. The van der Waals surface area contributed by atoms with Crippen molar-refractivity contribution < 1.29 is 14.3 Å². The first kappa shape index (κ1) is 16.3. The first-order valence-electron chi connectivity index (χ1n) is 7.70. The highest BCUT2D eigenvalue weighted by Gasteiger charge is 2.20. The van der Waals surface area contributed by atoms with E-state index in [1.54, 1.807) is 13.2 Å². The lowest BCUT2D eigenvalue weighted by atomic mass is 10.0. The monoisotopic (exact) mass is 301 g/mol. The molecular weight excluding hydrogens is 278 g/mol. The van der Waals surface area contributed by atoms with E-state index in [0.717, 1.165) is 41.7 Å². The van der Waals surface area contributed by atoms with Crippen LogP contribution in [0.1, 0.15) is 42.4 Å². The molecule has 0 aromatic heterocycles.